The third-order valence-corrected chi connectivity index (χ3v) is 2.41. The largest absolute Gasteiger partial charge is 0.351 e. The molecule has 64 valence electrons. The summed E-state index contributed by atoms with van der Waals surface area (Å²) in [4.78, 5) is 12.9. The molecule has 2 atom stereocenters. The van der Waals surface area contributed by atoms with Crippen molar-refractivity contribution in [2.75, 3.05) is 13.1 Å². The van der Waals surface area contributed by atoms with Crippen molar-refractivity contribution in [1.29, 1.82) is 0 Å². The van der Waals surface area contributed by atoms with E-state index >= 15 is 0 Å². The van der Waals surface area contributed by atoms with Crippen molar-refractivity contribution < 1.29 is 4.79 Å². The minimum Gasteiger partial charge on any atom is -0.351 e. The zero-order valence-electron chi connectivity index (χ0n) is 7.13. The highest BCUT2D eigenvalue weighted by Crippen LogP contribution is 2.20. The van der Waals surface area contributed by atoms with Crippen LogP contribution in [0.15, 0.2) is 0 Å². The van der Waals surface area contributed by atoms with Gasteiger partial charge in [0.05, 0.1) is 6.04 Å². The van der Waals surface area contributed by atoms with E-state index in [0.717, 1.165) is 19.5 Å². The average Bonchev–Trinajstić information content (AvgIpc) is 2.05. The van der Waals surface area contributed by atoms with Crippen LogP contribution in [-0.2, 0) is 4.79 Å². The van der Waals surface area contributed by atoms with Gasteiger partial charge in [0.2, 0.25) is 5.91 Å². The van der Waals surface area contributed by atoms with E-state index in [1.165, 1.54) is 0 Å². The van der Waals surface area contributed by atoms with E-state index in [9.17, 15) is 4.79 Å². The van der Waals surface area contributed by atoms with Crippen molar-refractivity contribution in [2.45, 2.75) is 19.4 Å². The highest BCUT2D eigenvalue weighted by molar-refractivity contribution is 5.73. The Morgan fingerprint density at radius 3 is 2.92 bits per heavy atom. The molecule has 0 aromatic heterocycles. The van der Waals surface area contributed by atoms with Gasteiger partial charge in [-0.2, -0.15) is 0 Å². The second-order valence-corrected chi connectivity index (χ2v) is 3.40. The smallest absolute Gasteiger partial charge is 0.217 e. The summed E-state index contributed by atoms with van der Waals surface area (Å²) in [5.74, 6) is 3.57. The molecular weight excluding hydrogens is 152 g/mol. The second kappa shape index (κ2) is 2.71. The standard InChI is InChI=1S/C9H12N2O/c1-7(12)10-9-6-11-4-2-8(9)3-5-11/h8-9H,2,4,6H2,1H3,(H,10,12). The number of amides is 1. The first-order chi connectivity index (χ1) is 5.75. The fourth-order valence-corrected chi connectivity index (χ4v) is 1.81. The number of carbonyl (C=O) groups is 1. The SMILES string of the molecule is CC(=O)NC1CN2C#CC1CC2. The van der Waals surface area contributed by atoms with Gasteiger partial charge in [0.1, 0.15) is 0 Å². The summed E-state index contributed by atoms with van der Waals surface area (Å²) < 4.78 is 0. The molecule has 3 heteroatoms. The van der Waals surface area contributed by atoms with Crippen LogP contribution in [0.2, 0.25) is 0 Å². The van der Waals surface area contributed by atoms with E-state index in [4.69, 9.17) is 0 Å². The normalized spacial score (nSPS) is 30.9. The first-order valence-corrected chi connectivity index (χ1v) is 4.29. The molecule has 2 bridgehead atoms. The topological polar surface area (TPSA) is 32.3 Å². The summed E-state index contributed by atoms with van der Waals surface area (Å²) >= 11 is 0. The summed E-state index contributed by atoms with van der Waals surface area (Å²) in [6, 6.07) is 3.32. The van der Waals surface area contributed by atoms with Gasteiger partial charge < -0.3 is 10.2 Å². The number of rotatable bonds is 1. The molecule has 1 saturated heterocycles. The zero-order chi connectivity index (χ0) is 8.55. The van der Waals surface area contributed by atoms with Crippen LogP contribution in [-0.4, -0.2) is 29.9 Å². The van der Waals surface area contributed by atoms with Gasteiger partial charge in [0.25, 0.3) is 0 Å². The van der Waals surface area contributed by atoms with Gasteiger partial charge in [-0.15, -0.1) is 0 Å². The van der Waals surface area contributed by atoms with E-state index in [-0.39, 0.29) is 11.9 Å². The molecule has 1 N–H and O–H groups in total. The van der Waals surface area contributed by atoms with Crippen LogP contribution in [0.4, 0.5) is 0 Å². The molecule has 3 rings (SSSR count). The molecule has 0 aromatic rings. The molecule has 2 unspecified atom stereocenters. The monoisotopic (exact) mass is 164 g/mol. The number of piperidine rings is 1. The van der Waals surface area contributed by atoms with E-state index in [2.05, 4.69) is 22.2 Å². The van der Waals surface area contributed by atoms with Crippen molar-refractivity contribution in [3.8, 4) is 12.0 Å². The number of hydrogen-bond acceptors (Lipinski definition) is 2. The van der Waals surface area contributed by atoms with Crippen LogP contribution in [0.5, 0.6) is 0 Å². The van der Waals surface area contributed by atoms with E-state index in [1.807, 2.05) is 0 Å². The number of nitrogens with one attached hydrogen (secondary N) is 1. The van der Waals surface area contributed by atoms with Gasteiger partial charge in [0, 0.05) is 32.0 Å². The van der Waals surface area contributed by atoms with Crippen molar-refractivity contribution in [3.63, 3.8) is 0 Å². The van der Waals surface area contributed by atoms with Crippen molar-refractivity contribution in [1.82, 2.24) is 10.2 Å². The third kappa shape index (κ3) is 1.25. The maximum Gasteiger partial charge on any atom is 0.217 e. The minimum absolute atomic E-state index is 0.0514. The summed E-state index contributed by atoms with van der Waals surface area (Å²) in [5.41, 5.74) is 0. The molecule has 1 fully saturated rings. The number of hydrogen-bond donors (Lipinski definition) is 1. The number of fused-ring (bicyclic) bond motifs is 2. The summed E-state index contributed by atoms with van der Waals surface area (Å²) in [5, 5.41) is 2.93. The van der Waals surface area contributed by atoms with Crippen LogP contribution in [0.3, 0.4) is 0 Å². The Kier molecular flexibility index (Phi) is 1.69. The molecular formula is C9H12N2O. The Hall–Kier alpha value is -1.17. The lowest BCUT2D eigenvalue weighted by molar-refractivity contribution is -0.120. The molecule has 0 saturated carbocycles. The van der Waals surface area contributed by atoms with Gasteiger partial charge in [-0.05, 0) is 6.42 Å². The summed E-state index contributed by atoms with van der Waals surface area (Å²) in [6.07, 6.45) is 1.10. The number of nitrogens with zero attached hydrogens (tertiary/aromatic N) is 1. The van der Waals surface area contributed by atoms with Crippen LogP contribution in [0, 0.1) is 17.9 Å². The summed E-state index contributed by atoms with van der Waals surface area (Å²) in [6.45, 7) is 3.52. The molecule has 0 aromatic carbocycles. The van der Waals surface area contributed by atoms with Crippen LogP contribution >= 0.6 is 0 Å². The fraction of sp³-hybridized carbons (Fsp3) is 0.667. The Balaban J connectivity index is 2.04. The van der Waals surface area contributed by atoms with Gasteiger partial charge >= 0.3 is 0 Å². The molecule has 12 heavy (non-hydrogen) atoms. The van der Waals surface area contributed by atoms with Crippen molar-refractivity contribution in [2.24, 2.45) is 5.92 Å². The van der Waals surface area contributed by atoms with Crippen molar-refractivity contribution in [3.05, 3.63) is 0 Å². The molecule has 0 radical (unpaired) electrons. The molecule has 0 spiro atoms. The van der Waals surface area contributed by atoms with Gasteiger partial charge in [-0.3, -0.25) is 4.79 Å². The molecule has 3 aliphatic rings. The second-order valence-electron chi connectivity index (χ2n) is 3.40. The number of carbonyl (C=O) groups excluding carboxylic acids is 1. The lowest BCUT2D eigenvalue weighted by Gasteiger charge is -2.38. The Morgan fingerprint density at radius 1 is 1.67 bits per heavy atom. The Bertz CT molecular complexity index is 263. The summed E-state index contributed by atoms with van der Waals surface area (Å²) in [7, 11) is 0. The van der Waals surface area contributed by atoms with Gasteiger partial charge in [-0.1, -0.05) is 5.92 Å². The molecule has 1 amide bonds. The van der Waals surface area contributed by atoms with Crippen LogP contribution in [0.1, 0.15) is 13.3 Å². The molecule has 3 nitrogen and oxygen atoms in total. The maximum absolute atomic E-state index is 10.8. The first kappa shape index (κ1) is 7.48. The van der Waals surface area contributed by atoms with Crippen LogP contribution < -0.4 is 5.32 Å². The highest BCUT2D eigenvalue weighted by atomic mass is 16.1. The minimum atomic E-state index is 0.0514. The molecule has 0 aliphatic carbocycles. The Labute approximate surface area is 72.1 Å². The lowest BCUT2D eigenvalue weighted by atomic mass is 9.90. The first-order valence-electron chi connectivity index (χ1n) is 4.29. The fourth-order valence-electron chi connectivity index (χ4n) is 1.81. The predicted molar refractivity (Wildman–Crippen MR) is 45.1 cm³/mol. The predicted octanol–water partition coefficient (Wildman–Crippen LogP) is -0.213. The van der Waals surface area contributed by atoms with Gasteiger partial charge in [-0.25, -0.2) is 0 Å². The van der Waals surface area contributed by atoms with E-state index in [0.29, 0.717) is 5.92 Å². The van der Waals surface area contributed by atoms with E-state index in [1.54, 1.807) is 6.92 Å². The maximum atomic E-state index is 10.8. The zero-order valence-corrected chi connectivity index (χ0v) is 7.13. The lowest BCUT2D eigenvalue weighted by Crippen LogP contribution is -2.52. The quantitative estimate of drug-likeness (QED) is 0.544. The average molecular weight is 164 g/mol. The van der Waals surface area contributed by atoms with Crippen LogP contribution in [0.25, 0.3) is 0 Å². The third-order valence-electron chi connectivity index (χ3n) is 2.41. The van der Waals surface area contributed by atoms with Crippen molar-refractivity contribution >= 4 is 5.91 Å². The highest BCUT2D eigenvalue weighted by Gasteiger charge is 2.30. The molecule has 3 aliphatic heterocycles. The van der Waals surface area contributed by atoms with Gasteiger partial charge in [0.15, 0.2) is 0 Å². The Morgan fingerprint density at radius 2 is 2.50 bits per heavy atom. The van der Waals surface area contributed by atoms with E-state index < -0.39 is 0 Å². The molecule has 3 heterocycles.